The minimum Gasteiger partial charge on any atom is -0.491 e. The van der Waals surface area contributed by atoms with Crippen LogP contribution in [0.5, 0.6) is 5.75 Å². The summed E-state index contributed by atoms with van der Waals surface area (Å²) in [7, 11) is 0. The highest BCUT2D eigenvalue weighted by atomic mass is 35.5. The van der Waals surface area contributed by atoms with Gasteiger partial charge in [0.1, 0.15) is 24.4 Å². The van der Waals surface area contributed by atoms with Crippen LogP contribution in [0, 0.1) is 5.92 Å². The quantitative estimate of drug-likeness (QED) is 0.247. The molecular weight excluding hydrogens is 500 g/mol. The van der Waals surface area contributed by atoms with Crippen LogP contribution in [0.3, 0.4) is 0 Å². The van der Waals surface area contributed by atoms with Crippen molar-refractivity contribution in [2.75, 3.05) is 6.61 Å². The van der Waals surface area contributed by atoms with E-state index in [1.54, 1.807) is 13.8 Å². The number of hydrogen-bond acceptors (Lipinski definition) is 6. The highest BCUT2D eigenvalue weighted by Gasteiger charge is 2.31. The second-order valence-electron chi connectivity index (χ2n) is 8.81. The molecule has 11 heteroatoms. The van der Waals surface area contributed by atoms with Crippen LogP contribution < -0.4 is 26.8 Å². The Balaban J connectivity index is 2.16. The number of nitrogens with two attached hydrogens (primary N) is 2. The molecule has 0 heterocycles. The van der Waals surface area contributed by atoms with Gasteiger partial charge in [0.2, 0.25) is 11.8 Å². The summed E-state index contributed by atoms with van der Waals surface area (Å²) in [6.45, 7) is 3.53. The number of primary amides is 1. The number of benzene rings is 2. The second kappa shape index (κ2) is 14.2. The van der Waals surface area contributed by atoms with Crippen molar-refractivity contribution < 1.29 is 29.0 Å². The van der Waals surface area contributed by atoms with Crippen LogP contribution in [0.1, 0.15) is 42.6 Å². The van der Waals surface area contributed by atoms with Gasteiger partial charge >= 0.3 is 5.97 Å². The molecular formula is C26H33ClN4O6. The summed E-state index contributed by atoms with van der Waals surface area (Å²) in [6, 6.07) is 10.9. The number of ether oxygens (including phenoxy) is 1. The number of hydrogen-bond donors (Lipinski definition) is 5. The van der Waals surface area contributed by atoms with Crippen molar-refractivity contribution in [2.24, 2.45) is 17.4 Å². The van der Waals surface area contributed by atoms with E-state index in [2.05, 4.69) is 10.6 Å². The number of carbonyl (C=O) groups excluding carboxylic acids is 3. The number of carbonyl (C=O) groups is 4. The van der Waals surface area contributed by atoms with E-state index >= 15 is 0 Å². The molecule has 2 aromatic rings. The van der Waals surface area contributed by atoms with E-state index in [-0.39, 0.29) is 29.9 Å². The van der Waals surface area contributed by atoms with Gasteiger partial charge in [0, 0.05) is 11.1 Å². The largest absolute Gasteiger partial charge is 0.491 e. The molecule has 7 N–H and O–H groups in total. The lowest BCUT2D eigenvalue weighted by atomic mass is 9.98. The molecule has 4 atom stereocenters. The van der Waals surface area contributed by atoms with Crippen molar-refractivity contribution in [3.05, 3.63) is 64.7 Å². The van der Waals surface area contributed by atoms with Crippen molar-refractivity contribution in [1.82, 2.24) is 10.6 Å². The Hall–Kier alpha value is -3.63. The number of amides is 3. The molecule has 0 aliphatic rings. The summed E-state index contributed by atoms with van der Waals surface area (Å²) in [5.41, 5.74) is 12.5. The average molecular weight is 533 g/mol. The van der Waals surface area contributed by atoms with Gasteiger partial charge in [-0.25, -0.2) is 4.79 Å². The van der Waals surface area contributed by atoms with E-state index in [0.29, 0.717) is 17.9 Å². The number of rotatable bonds is 14. The predicted molar refractivity (Wildman–Crippen MR) is 139 cm³/mol. The molecule has 37 heavy (non-hydrogen) atoms. The lowest BCUT2D eigenvalue weighted by Crippen LogP contribution is -2.54. The van der Waals surface area contributed by atoms with Crippen molar-refractivity contribution >= 4 is 35.3 Å². The fraction of sp³-hybridized carbons (Fsp3) is 0.385. The maximum Gasteiger partial charge on any atom is 0.326 e. The molecule has 2 rings (SSSR count). The Morgan fingerprint density at radius 3 is 2.35 bits per heavy atom. The minimum absolute atomic E-state index is 0.0512. The van der Waals surface area contributed by atoms with Gasteiger partial charge in [-0.15, -0.1) is 0 Å². The number of carboxylic acids is 1. The van der Waals surface area contributed by atoms with E-state index in [4.69, 9.17) is 27.8 Å². The first-order valence-electron chi connectivity index (χ1n) is 11.9. The molecule has 0 fully saturated rings. The van der Waals surface area contributed by atoms with Crippen molar-refractivity contribution in [1.29, 1.82) is 0 Å². The first kappa shape index (κ1) is 29.6. The highest BCUT2D eigenvalue weighted by Crippen LogP contribution is 2.24. The monoisotopic (exact) mass is 532 g/mol. The smallest absolute Gasteiger partial charge is 0.326 e. The summed E-state index contributed by atoms with van der Waals surface area (Å²) in [4.78, 5) is 49.2. The molecule has 0 spiro atoms. The van der Waals surface area contributed by atoms with Crippen LogP contribution in [0.25, 0.3) is 0 Å². The standard InChI is InChI=1S/C26H33ClN4O6/c1-3-15(2)23(26(35)36)31-25(34)20(13-22(29)32)30-24(33)19-10-9-17(27)12-21(19)37-14-18(28)11-16-7-5-4-6-8-16/h4-10,12,15,18,20,23H,3,11,13-14,28H2,1-2H3,(H2,29,32)(H,30,33)(H,31,34)(H,35,36)/t15-,18-,20-,23-/m0/s1. The van der Waals surface area contributed by atoms with Gasteiger partial charge in [-0.3, -0.25) is 14.4 Å². The molecule has 0 bridgehead atoms. The van der Waals surface area contributed by atoms with E-state index < -0.39 is 42.2 Å². The van der Waals surface area contributed by atoms with Crippen molar-refractivity contribution in [3.63, 3.8) is 0 Å². The minimum atomic E-state index is -1.40. The molecule has 0 saturated carbocycles. The maximum atomic E-state index is 13.1. The fourth-order valence-corrected chi connectivity index (χ4v) is 3.72. The molecule has 10 nitrogen and oxygen atoms in total. The molecule has 0 radical (unpaired) electrons. The maximum absolute atomic E-state index is 13.1. The molecule has 0 aliphatic heterocycles. The predicted octanol–water partition coefficient (Wildman–Crippen LogP) is 1.88. The first-order chi connectivity index (χ1) is 17.5. The van der Waals surface area contributed by atoms with Crippen LogP contribution in [0.15, 0.2) is 48.5 Å². The van der Waals surface area contributed by atoms with Crippen LogP contribution >= 0.6 is 11.6 Å². The van der Waals surface area contributed by atoms with Gasteiger partial charge in [0.15, 0.2) is 0 Å². The third-order valence-corrected chi connectivity index (χ3v) is 6.02. The third kappa shape index (κ3) is 9.40. The summed E-state index contributed by atoms with van der Waals surface area (Å²) >= 11 is 6.10. The Morgan fingerprint density at radius 2 is 1.76 bits per heavy atom. The first-order valence-corrected chi connectivity index (χ1v) is 12.2. The topological polar surface area (TPSA) is 174 Å². The third-order valence-electron chi connectivity index (χ3n) is 5.79. The van der Waals surface area contributed by atoms with Crippen LogP contribution in [0.2, 0.25) is 5.02 Å². The average Bonchev–Trinajstić information content (AvgIpc) is 2.85. The van der Waals surface area contributed by atoms with Gasteiger partial charge in [-0.2, -0.15) is 0 Å². The van der Waals surface area contributed by atoms with Crippen molar-refractivity contribution in [2.45, 2.75) is 51.2 Å². The van der Waals surface area contributed by atoms with Gasteiger partial charge in [-0.05, 0) is 36.1 Å². The molecule has 0 saturated heterocycles. The van der Waals surface area contributed by atoms with Gasteiger partial charge in [0.25, 0.3) is 5.91 Å². The van der Waals surface area contributed by atoms with E-state index in [9.17, 15) is 24.3 Å². The zero-order valence-corrected chi connectivity index (χ0v) is 21.5. The Bertz CT molecular complexity index is 1100. The van der Waals surface area contributed by atoms with E-state index in [1.807, 2.05) is 30.3 Å². The molecule has 2 aromatic carbocycles. The molecule has 200 valence electrons. The van der Waals surface area contributed by atoms with E-state index in [0.717, 1.165) is 5.56 Å². The van der Waals surface area contributed by atoms with Crippen LogP contribution in [-0.2, 0) is 20.8 Å². The number of nitrogens with one attached hydrogen (secondary N) is 2. The molecule has 0 aliphatic carbocycles. The lowest BCUT2D eigenvalue weighted by Gasteiger charge is -2.24. The van der Waals surface area contributed by atoms with Gasteiger partial charge in [0.05, 0.1) is 12.0 Å². The molecule has 3 amide bonds. The zero-order chi connectivity index (χ0) is 27.5. The Morgan fingerprint density at radius 1 is 1.08 bits per heavy atom. The lowest BCUT2D eigenvalue weighted by molar-refractivity contribution is -0.143. The van der Waals surface area contributed by atoms with Gasteiger partial charge in [-0.1, -0.05) is 62.2 Å². The summed E-state index contributed by atoms with van der Waals surface area (Å²) in [5.74, 6) is -3.92. The van der Waals surface area contributed by atoms with Crippen LogP contribution in [0.4, 0.5) is 0 Å². The number of carboxylic acid groups (broad SMARTS) is 1. The highest BCUT2D eigenvalue weighted by molar-refractivity contribution is 6.30. The Labute approximate surface area is 220 Å². The van der Waals surface area contributed by atoms with Crippen LogP contribution in [-0.4, -0.2) is 53.5 Å². The number of halogens is 1. The Kier molecular flexibility index (Phi) is 11.4. The fourth-order valence-electron chi connectivity index (χ4n) is 3.56. The molecule has 0 aromatic heterocycles. The normalized spacial score (nSPS) is 14.1. The molecule has 0 unspecified atom stereocenters. The second-order valence-corrected chi connectivity index (χ2v) is 9.24. The number of aliphatic carboxylic acids is 1. The SMILES string of the molecule is CC[C@H](C)[C@H](NC(=O)[C@H](CC(N)=O)NC(=O)c1ccc(Cl)cc1OC[C@@H](N)Cc1ccccc1)C(=O)O. The summed E-state index contributed by atoms with van der Waals surface area (Å²) < 4.78 is 5.80. The van der Waals surface area contributed by atoms with Crippen molar-refractivity contribution in [3.8, 4) is 5.75 Å². The summed E-state index contributed by atoms with van der Waals surface area (Å²) in [6.07, 6.45) is 0.503. The summed E-state index contributed by atoms with van der Waals surface area (Å²) in [5, 5.41) is 14.6. The zero-order valence-electron chi connectivity index (χ0n) is 20.8. The van der Waals surface area contributed by atoms with Gasteiger partial charge < -0.3 is 31.9 Å². The van der Waals surface area contributed by atoms with E-state index in [1.165, 1.54) is 18.2 Å².